The molecule has 0 bridgehead atoms. The molecule has 1 aromatic heterocycles. The van der Waals surface area contributed by atoms with E-state index in [1.54, 1.807) is 0 Å². The highest BCUT2D eigenvalue weighted by molar-refractivity contribution is 7.99. The number of nitrogens with zero attached hydrogens (tertiary/aromatic N) is 2. The van der Waals surface area contributed by atoms with Crippen molar-refractivity contribution in [3.05, 3.63) is 11.9 Å². The zero-order chi connectivity index (χ0) is 15.1. The summed E-state index contributed by atoms with van der Waals surface area (Å²) in [6.45, 7) is 5.15. The maximum absolute atomic E-state index is 4.68. The van der Waals surface area contributed by atoms with Gasteiger partial charge in [-0.2, -0.15) is 11.8 Å². The van der Waals surface area contributed by atoms with Crippen LogP contribution < -0.4 is 10.6 Å². The van der Waals surface area contributed by atoms with Crippen LogP contribution in [-0.4, -0.2) is 34.1 Å². The second-order valence-electron chi connectivity index (χ2n) is 5.70. The molecule has 0 saturated heterocycles. The molecule has 118 valence electrons. The van der Waals surface area contributed by atoms with Crippen LogP contribution >= 0.6 is 11.8 Å². The third-order valence-corrected chi connectivity index (χ3v) is 5.01. The first-order valence-corrected chi connectivity index (χ1v) is 9.45. The van der Waals surface area contributed by atoms with E-state index in [-0.39, 0.29) is 0 Å². The highest BCUT2D eigenvalue weighted by atomic mass is 32.2. The predicted molar refractivity (Wildman–Crippen MR) is 93.4 cm³/mol. The maximum atomic E-state index is 4.68. The van der Waals surface area contributed by atoms with E-state index >= 15 is 0 Å². The first kappa shape index (κ1) is 16.4. The van der Waals surface area contributed by atoms with Crippen molar-refractivity contribution in [1.82, 2.24) is 9.97 Å². The topological polar surface area (TPSA) is 49.8 Å². The number of hydrogen-bond donors (Lipinski definition) is 2. The molecule has 0 aliphatic heterocycles. The molecule has 1 aromatic rings. The third-order valence-electron chi connectivity index (χ3n) is 3.92. The minimum Gasteiger partial charge on any atom is -0.370 e. The summed E-state index contributed by atoms with van der Waals surface area (Å²) in [5, 5.41) is 7.74. The normalized spacial score (nSPS) is 22.0. The van der Waals surface area contributed by atoms with E-state index in [9.17, 15) is 0 Å². The van der Waals surface area contributed by atoms with Crippen molar-refractivity contribution in [2.24, 2.45) is 0 Å². The van der Waals surface area contributed by atoms with Gasteiger partial charge in [-0.1, -0.05) is 13.3 Å². The first-order valence-electron chi connectivity index (χ1n) is 8.16. The molecule has 2 N–H and O–H groups in total. The van der Waals surface area contributed by atoms with Gasteiger partial charge < -0.3 is 10.6 Å². The monoisotopic (exact) mass is 308 g/mol. The van der Waals surface area contributed by atoms with Gasteiger partial charge in [0.1, 0.15) is 17.5 Å². The van der Waals surface area contributed by atoms with Gasteiger partial charge in [-0.3, -0.25) is 0 Å². The Morgan fingerprint density at radius 3 is 2.76 bits per heavy atom. The molecule has 1 aliphatic carbocycles. The van der Waals surface area contributed by atoms with Crippen LogP contribution in [0.2, 0.25) is 0 Å². The quantitative estimate of drug-likeness (QED) is 0.799. The lowest BCUT2D eigenvalue weighted by molar-refractivity contribution is 0.472. The first-order chi connectivity index (χ1) is 10.2. The fraction of sp³-hybridized carbons (Fsp3) is 0.750. The van der Waals surface area contributed by atoms with Crippen LogP contribution in [-0.2, 0) is 6.42 Å². The lowest BCUT2D eigenvalue weighted by Gasteiger charge is -2.29. The van der Waals surface area contributed by atoms with Gasteiger partial charge in [0.05, 0.1) is 0 Å². The zero-order valence-corrected chi connectivity index (χ0v) is 14.3. The van der Waals surface area contributed by atoms with Gasteiger partial charge >= 0.3 is 0 Å². The molecule has 4 nitrogen and oxygen atoms in total. The van der Waals surface area contributed by atoms with Gasteiger partial charge in [0, 0.05) is 30.3 Å². The summed E-state index contributed by atoms with van der Waals surface area (Å²) in [6.07, 6.45) is 9.40. The van der Waals surface area contributed by atoms with E-state index in [1.165, 1.54) is 25.7 Å². The van der Waals surface area contributed by atoms with Gasteiger partial charge in [0.25, 0.3) is 0 Å². The van der Waals surface area contributed by atoms with Crippen molar-refractivity contribution in [3.8, 4) is 0 Å². The molecule has 0 aromatic carbocycles. The van der Waals surface area contributed by atoms with E-state index in [1.807, 2.05) is 17.8 Å². The second kappa shape index (κ2) is 8.47. The number of nitrogens with one attached hydrogen (secondary N) is 2. The summed E-state index contributed by atoms with van der Waals surface area (Å²) in [5.41, 5.74) is 0. The van der Waals surface area contributed by atoms with Crippen molar-refractivity contribution in [2.75, 3.05) is 23.4 Å². The molecule has 1 aliphatic rings. The summed E-state index contributed by atoms with van der Waals surface area (Å²) in [4.78, 5) is 9.25. The predicted octanol–water partition coefficient (Wildman–Crippen LogP) is 3.95. The summed E-state index contributed by atoms with van der Waals surface area (Å²) < 4.78 is 0. The van der Waals surface area contributed by atoms with Crippen LogP contribution in [0.25, 0.3) is 0 Å². The number of rotatable bonds is 7. The largest absolute Gasteiger partial charge is 0.370 e. The van der Waals surface area contributed by atoms with Crippen molar-refractivity contribution in [3.63, 3.8) is 0 Å². The van der Waals surface area contributed by atoms with Crippen LogP contribution in [0.3, 0.4) is 0 Å². The van der Waals surface area contributed by atoms with Gasteiger partial charge in [0.15, 0.2) is 0 Å². The Bertz CT molecular complexity index is 414. The smallest absolute Gasteiger partial charge is 0.133 e. The van der Waals surface area contributed by atoms with Gasteiger partial charge in [-0.15, -0.1) is 0 Å². The SMILES string of the molecule is CCCc1nc(NCC)cc(NC2CCCC(SC)C2)n1. The Labute approximate surface area is 132 Å². The molecular weight excluding hydrogens is 280 g/mol. The van der Waals surface area contributed by atoms with Gasteiger partial charge in [-0.05, 0) is 38.9 Å². The molecule has 2 unspecified atom stereocenters. The van der Waals surface area contributed by atoms with E-state index in [0.717, 1.165) is 42.1 Å². The van der Waals surface area contributed by atoms with E-state index in [0.29, 0.717) is 6.04 Å². The molecule has 1 heterocycles. The second-order valence-corrected chi connectivity index (χ2v) is 6.84. The molecule has 1 saturated carbocycles. The molecule has 0 radical (unpaired) electrons. The number of aryl methyl sites for hydroxylation is 1. The Morgan fingerprint density at radius 1 is 1.24 bits per heavy atom. The lowest BCUT2D eigenvalue weighted by Crippen LogP contribution is -2.29. The molecule has 21 heavy (non-hydrogen) atoms. The Kier molecular flexibility index (Phi) is 6.61. The molecule has 2 atom stereocenters. The Morgan fingerprint density at radius 2 is 2.05 bits per heavy atom. The fourth-order valence-electron chi connectivity index (χ4n) is 2.88. The maximum Gasteiger partial charge on any atom is 0.133 e. The van der Waals surface area contributed by atoms with Crippen LogP contribution in [0.15, 0.2) is 6.07 Å². The van der Waals surface area contributed by atoms with Crippen LogP contribution in [0.4, 0.5) is 11.6 Å². The molecule has 2 rings (SSSR count). The van der Waals surface area contributed by atoms with Crippen LogP contribution in [0.5, 0.6) is 0 Å². The van der Waals surface area contributed by atoms with Crippen LogP contribution in [0, 0.1) is 0 Å². The van der Waals surface area contributed by atoms with Gasteiger partial charge in [-0.25, -0.2) is 9.97 Å². The van der Waals surface area contributed by atoms with Crippen molar-refractivity contribution in [2.45, 2.75) is 63.7 Å². The molecule has 0 amide bonds. The summed E-state index contributed by atoms with van der Waals surface area (Å²) in [7, 11) is 0. The molecular formula is C16H28N4S. The summed E-state index contributed by atoms with van der Waals surface area (Å²) in [5.74, 6) is 2.86. The highest BCUT2D eigenvalue weighted by Gasteiger charge is 2.21. The molecule has 5 heteroatoms. The standard InChI is InChI=1S/C16H28N4S/c1-4-7-14-19-15(17-5-2)11-16(20-14)18-12-8-6-9-13(10-12)21-3/h11-13H,4-10H2,1-3H3,(H2,17,18,19,20). The van der Waals surface area contributed by atoms with E-state index in [4.69, 9.17) is 0 Å². The summed E-state index contributed by atoms with van der Waals surface area (Å²) >= 11 is 2.00. The minimum atomic E-state index is 0.551. The van der Waals surface area contributed by atoms with Crippen molar-refractivity contribution >= 4 is 23.4 Å². The summed E-state index contributed by atoms with van der Waals surface area (Å²) in [6, 6.07) is 2.60. The number of anilines is 2. The fourth-order valence-corrected chi connectivity index (χ4v) is 3.70. The Balaban J connectivity index is 2.06. The number of aromatic nitrogens is 2. The van der Waals surface area contributed by atoms with E-state index < -0.39 is 0 Å². The van der Waals surface area contributed by atoms with E-state index in [2.05, 4.69) is 40.7 Å². The average Bonchev–Trinajstić information content (AvgIpc) is 2.48. The van der Waals surface area contributed by atoms with Crippen molar-refractivity contribution in [1.29, 1.82) is 0 Å². The molecule has 0 spiro atoms. The number of thioether (sulfide) groups is 1. The number of hydrogen-bond acceptors (Lipinski definition) is 5. The average molecular weight is 308 g/mol. The highest BCUT2D eigenvalue weighted by Crippen LogP contribution is 2.28. The molecule has 1 fully saturated rings. The Hall–Kier alpha value is -0.970. The third kappa shape index (κ3) is 5.06. The zero-order valence-electron chi connectivity index (χ0n) is 13.5. The van der Waals surface area contributed by atoms with Crippen LogP contribution in [0.1, 0.15) is 51.8 Å². The minimum absolute atomic E-state index is 0.551. The van der Waals surface area contributed by atoms with Gasteiger partial charge in [0.2, 0.25) is 0 Å². The lowest BCUT2D eigenvalue weighted by atomic mass is 9.95. The van der Waals surface area contributed by atoms with Crippen molar-refractivity contribution < 1.29 is 0 Å².